The number of Topliss-reactive ketones (excluding diaryl/α,β-unsaturated/α-hetero) is 1. The number of aromatic nitrogens is 5. The summed E-state index contributed by atoms with van der Waals surface area (Å²) in [7, 11) is 0. The van der Waals surface area contributed by atoms with E-state index < -0.39 is 0 Å². The first-order valence-electron chi connectivity index (χ1n) is 15.0. The van der Waals surface area contributed by atoms with E-state index in [4.69, 9.17) is 0 Å². The summed E-state index contributed by atoms with van der Waals surface area (Å²) in [5.74, 6) is 1.82. The predicted molar refractivity (Wildman–Crippen MR) is 174 cm³/mol. The highest BCUT2D eigenvalue weighted by Crippen LogP contribution is 2.32. The van der Waals surface area contributed by atoms with E-state index in [1.165, 1.54) is 23.4 Å². The van der Waals surface area contributed by atoms with Crippen molar-refractivity contribution in [3.63, 3.8) is 0 Å². The molecule has 0 bridgehead atoms. The number of carbonyl (C=O) groups is 2. The second-order valence-corrected chi connectivity index (χ2v) is 12.4. The number of piperazine rings is 1. The van der Waals surface area contributed by atoms with Crippen LogP contribution in [0.1, 0.15) is 29.9 Å². The molecule has 5 aromatic rings. The number of nitrogens with zero attached hydrogens (tertiary/aromatic N) is 7. The molecule has 4 aromatic heterocycles. The number of hydrogen-bond donors (Lipinski definition) is 1. The quantitative estimate of drug-likeness (QED) is 0.268. The minimum atomic E-state index is 0.0775. The van der Waals surface area contributed by atoms with Crippen molar-refractivity contribution in [3.05, 3.63) is 78.2 Å². The summed E-state index contributed by atoms with van der Waals surface area (Å²) in [5.41, 5.74) is 4.17. The molecule has 2 fully saturated rings. The first-order chi connectivity index (χ1) is 21.4. The number of ketones is 1. The molecule has 11 heteroatoms. The van der Waals surface area contributed by atoms with Gasteiger partial charge in [0.25, 0.3) is 0 Å². The number of anilines is 1. The van der Waals surface area contributed by atoms with E-state index in [2.05, 4.69) is 66.1 Å². The number of amides is 1. The van der Waals surface area contributed by atoms with Gasteiger partial charge in [0.05, 0.1) is 17.1 Å². The molecule has 226 valence electrons. The topological polar surface area (TPSA) is 111 Å². The van der Waals surface area contributed by atoms with Gasteiger partial charge in [0.2, 0.25) is 5.91 Å². The van der Waals surface area contributed by atoms with Crippen LogP contribution in [0.15, 0.2) is 73.3 Å². The Morgan fingerprint density at radius 1 is 0.932 bits per heavy atom. The molecule has 1 amide bonds. The van der Waals surface area contributed by atoms with E-state index in [-0.39, 0.29) is 11.7 Å². The number of hydrogen-bond acceptors (Lipinski definition) is 9. The van der Waals surface area contributed by atoms with E-state index in [0.29, 0.717) is 6.54 Å². The number of thiophene rings is 1. The van der Waals surface area contributed by atoms with Crippen molar-refractivity contribution in [2.24, 2.45) is 5.92 Å². The normalized spacial score (nSPS) is 17.0. The summed E-state index contributed by atoms with van der Waals surface area (Å²) in [5, 5.41) is 8.21. The van der Waals surface area contributed by atoms with Gasteiger partial charge in [0, 0.05) is 79.7 Å². The van der Waals surface area contributed by atoms with Gasteiger partial charge < -0.3 is 9.80 Å². The van der Waals surface area contributed by atoms with Crippen LogP contribution < -0.4 is 4.90 Å². The van der Waals surface area contributed by atoms with Crippen molar-refractivity contribution in [2.75, 3.05) is 50.7 Å². The Labute approximate surface area is 260 Å². The van der Waals surface area contributed by atoms with Crippen molar-refractivity contribution in [1.29, 1.82) is 0 Å². The number of H-pyrrole nitrogens is 1. The first-order valence-corrected chi connectivity index (χ1v) is 15.8. The maximum atomic E-state index is 12.6. The van der Waals surface area contributed by atoms with Gasteiger partial charge in [0.1, 0.15) is 4.83 Å². The minimum absolute atomic E-state index is 0.0775. The SMILES string of the molecule is CC(=O)c1cc2c(-c3ccncc3)[nH]nc2s1.CC1CCN(CC(=O)N2CCN(c3ccc(-c4ncccn4)cc3)CC2)C1. The van der Waals surface area contributed by atoms with E-state index in [1.807, 2.05) is 29.2 Å². The number of nitrogens with one attached hydrogen (secondary N) is 1. The molecule has 2 aliphatic rings. The van der Waals surface area contributed by atoms with E-state index in [9.17, 15) is 9.59 Å². The lowest BCUT2D eigenvalue weighted by atomic mass is 10.1. The summed E-state index contributed by atoms with van der Waals surface area (Å²) in [6.07, 6.45) is 8.20. The van der Waals surface area contributed by atoms with Gasteiger partial charge in [-0.2, -0.15) is 5.10 Å². The van der Waals surface area contributed by atoms with Crippen LogP contribution in [0.4, 0.5) is 5.69 Å². The van der Waals surface area contributed by atoms with Gasteiger partial charge in [0.15, 0.2) is 11.6 Å². The van der Waals surface area contributed by atoms with E-state index >= 15 is 0 Å². The Morgan fingerprint density at radius 3 is 2.32 bits per heavy atom. The third-order valence-corrected chi connectivity index (χ3v) is 9.25. The van der Waals surface area contributed by atoms with Crippen LogP contribution in [0.2, 0.25) is 0 Å². The van der Waals surface area contributed by atoms with Crippen molar-refractivity contribution in [2.45, 2.75) is 20.3 Å². The van der Waals surface area contributed by atoms with Crippen LogP contribution in [-0.2, 0) is 4.79 Å². The largest absolute Gasteiger partial charge is 0.368 e. The van der Waals surface area contributed by atoms with Gasteiger partial charge in [-0.25, -0.2) is 9.97 Å². The van der Waals surface area contributed by atoms with Gasteiger partial charge in [-0.05, 0) is 74.3 Å². The fourth-order valence-electron chi connectivity index (χ4n) is 5.67. The van der Waals surface area contributed by atoms with Crippen molar-refractivity contribution < 1.29 is 9.59 Å². The van der Waals surface area contributed by atoms with Gasteiger partial charge >= 0.3 is 0 Å². The van der Waals surface area contributed by atoms with Gasteiger partial charge in [-0.3, -0.25) is 24.6 Å². The number of rotatable bonds is 6. The van der Waals surface area contributed by atoms with E-state index in [1.54, 1.807) is 31.7 Å². The maximum Gasteiger partial charge on any atom is 0.236 e. The monoisotopic (exact) mass is 608 g/mol. The van der Waals surface area contributed by atoms with Crippen molar-refractivity contribution >= 4 is 38.9 Å². The van der Waals surface area contributed by atoms with E-state index in [0.717, 1.165) is 82.9 Å². The van der Waals surface area contributed by atoms with Crippen LogP contribution in [0.3, 0.4) is 0 Å². The standard InChI is InChI=1S/C21H27N5O.C12H9N3OS/c1-17-7-10-24(15-17)16-20(27)26-13-11-25(12-14-26)19-5-3-18(4-6-19)21-22-8-2-9-23-21;1-7(16)10-6-9-11(14-15-12(9)17-10)8-2-4-13-5-3-8/h2-6,8-9,17H,7,10-16H2,1H3;2-6H,1H3,(H,14,15). The second kappa shape index (κ2) is 13.4. The molecule has 0 saturated carbocycles. The molecular weight excluding hydrogens is 572 g/mol. The Morgan fingerprint density at radius 2 is 1.66 bits per heavy atom. The van der Waals surface area contributed by atoms with Gasteiger partial charge in [-0.15, -0.1) is 11.3 Å². The summed E-state index contributed by atoms with van der Waals surface area (Å²) in [6.45, 7) is 9.88. The average Bonchev–Trinajstić information content (AvgIpc) is 3.79. The molecule has 1 N–H and O–H groups in total. The summed E-state index contributed by atoms with van der Waals surface area (Å²) < 4.78 is 0. The molecule has 10 nitrogen and oxygen atoms in total. The van der Waals surface area contributed by atoms with Crippen LogP contribution in [0.25, 0.3) is 32.9 Å². The Bertz CT molecular complexity index is 1700. The molecule has 1 aromatic carbocycles. The van der Waals surface area contributed by atoms with Gasteiger partial charge in [-0.1, -0.05) is 6.92 Å². The highest BCUT2D eigenvalue weighted by Gasteiger charge is 2.26. The highest BCUT2D eigenvalue weighted by atomic mass is 32.1. The zero-order valence-corrected chi connectivity index (χ0v) is 25.8. The average molecular weight is 609 g/mol. The molecule has 1 atom stereocenters. The number of aromatic amines is 1. The van der Waals surface area contributed by atoms with Crippen molar-refractivity contribution in [1.82, 2.24) is 34.9 Å². The first kappa shape index (κ1) is 29.6. The maximum absolute atomic E-state index is 12.6. The molecule has 1 unspecified atom stereocenters. The lowest BCUT2D eigenvalue weighted by Crippen LogP contribution is -2.51. The molecule has 0 spiro atoms. The number of benzene rings is 1. The molecule has 2 saturated heterocycles. The van der Waals surface area contributed by atoms with Crippen molar-refractivity contribution in [3.8, 4) is 22.6 Å². The number of carbonyl (C=O) groups excluding carboxylic acids is 2. The Kier molecular flexibility index (Phi) is 9.04. The zero-order valence-electron chi connectivity index (χ0n) is 25.0. The number of pyridine rings is 1. The Hall–Kier alpha value is -4.48. The van der Waals surface area contributed by atoms with Crippen LogP contribution in [0.5, 0.6) is 0 Å². The molecular formula is C33H36N8O2S. The van der Waals surface area contributed by atoms with Crippen LogP contribution in [-0.4, -0.2) is 92.5 Å². The molecule has 2 aliphatic heterocycles. The second-order valence-electron chi connectivity index (χ2n) is 11.3. The molecule has 44 heavy (non-hydrogen) atoms. The highest BCUT2D eigenvalue weighted by molar-refractivity contribution is 7.20. The molecule has 7 rings (SSSR count). The smallest absolute Gasteiger partial charge is 0.236 e. The fourth-order valence-corrected chi connectivity index (χ4v) is 6.56. The predicted octanol–water partition coefficient (Wildman–Crippen LogP) is 5.02. The van der Waals surface area contributed by atoms with Crippen LogP contribution >= 0.6 is 11.3 Å². The number of likely N-dealkylation sites (tertiary alicyclic amines) is 1. The minimum Gasteiger partial charge on any atom is -0.368 e. The Balaban J connectivity index is 0.000000173. The fraction of sp³-hybridized carbons (Fsp3) is 0.333. The molecule has 0 aliphatic carbocycles. The third kappa shape index (κ3) is 6.84. The number of fused-ring (bicyclic) bond motifs is 1. The zero-order chi connectivity index (χ0) is 30.5. The van der Waals surface area contributed by atoms with Crippen LogP contribution in [0, 0.1) is 5.92 Å². The summed E-state index contributed by atoms with van der Waals surface area (Å²) in [6, 6.07) is 15.9. The lowest BCUT2D eigenvalue weighted by molar-refractivity contribution is -0.132. The lowest BCUT2D eigenvalue weighted by Gasteiger charge is -2.36. The molecule has 6 heterocycles. The summed E-state index contributed by atoms with van der Waals surface area (Å²) >= 11 is 1.41. The summed E-state index contributed by atoms with van der Waals surface area (Å²) in [4.78, 5) is 44.7. The molecule has 0 radical (unpaired) electrons. The third-order valence-electron chi connectivity index (χ3n) is 8.12.